The Morgan fingerprint density at radius 3 is 2.15 bits per heavy atom. The second-order valence-electron chi connectivity index (χ2n) is 9.71. The third-order valence-electron chi connectivity index (χ3n) is 4.88. The Hall–Kier alpha value is -1.21. The monoisotopic (exact) mass is 406 g/mol. The molecule has 152 valence electrons. The average molecular weight is 407 g/mol. The topological polar surface area (TPSA) is 27.7 Å². The quantitative estimate of drug-likeness (QED) is 0.360. The second-order valence-corrected chi connectivity index (χ2v) is 18.6. The van der Waals surface area contributed by atoms with Gasteiger partial charge in [-0.3, -0.25) is 0 Å². The fourth-order valence-corrected chi connectivity index (χ4v) is 5.49. The fourth-order valence-electron chi connectivity index (χ4n) is 3.76. The van der Waals surface area contributed by atoms with E-state index in [0.717, 1.165) is 18.8 Å². The minimum atomic E-state index is -1.74. The van der Waals surface area contributed by atoms with Gasteiger partial charge in [-0.1, -0.05) is 18.2 Å². The number of fused-ring (bicyclic) bond motifs is 1. The number of ether oxygens (including phenoxy) is 1. The largest absolute Gasteiger partial charge is 0.547 e. The number of hydrogen-bond acceptors (Lipinski definition) is 3. The normalized spacial score (nSPS) is 27.2. The third-order valence-corrected chi connectivity index (χ3v) is 6.51. The zero-order valence-corrected chi connectivity index (χ0v) is 20.7. The lowest BCUT2D eigenvalue weighted by atomic mass is 9.72. The molecule has 0 aromatic rings. The molecule has 3 atom stereocenters. The summed E-state index contributed by atoms with van der Waals surface area (Å²) in [5.74, 6) is 2.59. The third kappa shape index (κ3) is 5.88. The Kier molecular flexibility index (Phi) is 6.90. The van der Waals surface area contributed by atoms with Gasteiger partial charge >= 0.3 is 0 Å². The zero-order chi connectivity index (χ0) is 20.4. The van der Waals surface area contributed by atoms with Gasteiger partial charge in [-0.05, 0) is 84.5 Å². The van der Waals surface area contributed by atoms with Crippen molar-refractivity contribution in [2.45, 2.75) is 79.0 Å². The van der Waals surface area contributed by atoms with E-state index < -0.39 is 16.6 Å². The molecule has 0 saturated heterocycles. The van der Waals surface area contributed by atoms with Crippen molar-refractivity contribution in [3.05, 3.63) is 47.2 Å². The lowest BCUT2D eigenvalue weighted by Gasteiger charge is -2.45. The molecule has 0 radical (unpaired) electrons. The Labute approximate surface area is 168 Å². The van der Waals surface area contributed by atoms with Crippen LogP contribution in [-0.2, 0) is 13.6 Å². The first-order valence-corrected chi connectivity index (χ1v) is 17.0. The van der Waals surface area contributed by atoms with Crippen LogP contribution in [0.4, 0.5) is 0 Å². The number of rotatable bonds is 6. The van der Waals surface area contributed by atoms with Gasteiger partial charge in [0.2, 0.25) is 16.6 Å². The number of hydrogen-bond donors (Lipinski definition) is 0. The van der Waals surface area contributed by atoms with Crippen LogP contribution in [0, 0.1) is 11.8 Å². The highest BCUT2D eigenvalue weighted by Crippen LogP contribution is 2.47. The van der Waals surface area contributed by atoms with Crippen LogP contribution in [0.15, 0.2) is 47.2 Å². The maximum Gasteiger partial charge on any atom is 0.265 e. The molecule has 2 aliphatic rings. The molecule has 1 aliphatic heterocycles. The van der Waals surface area contributed by atoms with Crippen LogP contribution in [0.2, 0.25) is 39.3 Å². The maximum atomic E-state index is 6.61. The van der Waals surface area contributed by atoms with Crippen LogP contribution in [0.3, 0.4) is 0 Å². The van der Waals surface area contributed by atoms with Gasteiger partial charge in [0.15, 0.2) is 0 Å². The van der Waals surface area contributed by atoms with E-state index in [-0.39, 0.29) is 12.0 Å². The van der Waals surface area contributed by atoms with Crippen molar-refractivity contribution in [1.29, 1.82) is 0 Å². The first-order chi connectivity index (χ1) is 12.4. The van der Waals surface area contributed by atoms with Crippen LogP contribution in [-0.4, -0.2) is 22.7 Å². The average Bonchev–Trinajstić information content (AvgIpc) is 2.51. The van der Waals surface area contributed by atoms with Crippen molar-refractivity contribution < 1.29 is 13.6 Å². The van der Waals surface area contributed by atoms with E-state index in [2.05, 4.69) is 71.4 Å². The van der Waals surface area contributed by atoms with Crippen LogP contribution in [0.5, 0.6) is 0 Å². The molecule has 0 unspecified atom stereocenters. The molecular weight excluding hydrogens is 368 g/mol. The molecule has 0 bridgehead atoms. The van der Waals surface area contributed by atoms with E-state index >= 15 is 0 Å². The van der Waals surface area contributed by atoms with Gasteiger partial charge in [-0.25, -0.2) is 0 Å². The van der Waals surface area contributed by atoms with Crippen LogP contribution < -0.4 is 0 Å². The highest BCUT2D eigenvalue weighted by Gasteiger charge is 2.45. The summed E-state index contributed by atoms with van der Waals surface area (Å²) in [7, 11) is -3.44. The predicted octanol–water partition coefficient (Wildman–Crippen LogP) is 6.75. The summed E-state index contributed by atoms with van der Waals surface area (Å²) < 4.78 is 19.4. The summed E-state index contributed by atoms with van der Waals surface area (Å²) in [4.78, 5) is 0. The molecule has 1 heterocycles. The smallest absolute Gasteiger partial charge is 0.265 e. The van der Waals surface area contributed by atoms with Crippen LogP contribution in [0.1, 0.15) is 33.6 Å². The van der Waals surface area contributed by atoms with Gasteiger partial charge in [0.1, 0.15) is 6.10 Å². The first-order valence-electron chi connectivity index (χ1n) is 10.2. The molecule has 0 spiro atoms. The minimum absolute atomic E-state index is 0.0529. The summed E-state index contributed by atoms with van der Waals surface area (Å²) in [5.41, 5.74) is 2.64. The number of allylic oxidation sites excluding steroid dienone is 5. The van der Waals surface area contributed by atoms with Crippen LogP contribution in [0.25, 0.3) is 0 Å². The summed E-state index contributed by atoms with van der Waals surface area (Å²) in [6.07, 6.45) is 10.5. The molecule has 5 heteroatoms. The molecule has 0 saturated carbocycles. The first kappa shape index (κ1) is 22.1. The zero-order valence-electron chi connectivity index (χ0n) is 18.7. The Morgan fingerprint density at radius 1 is 0.963 bits per heavy atom. The van der Waals surface area contributed by atoms with Gasteiger partial charge < -0.3 is 13.6 Å². The lowest BCUT2D eigenvalue weighted by molar-refractivity contribution is -0.0127. The standard InChI is InChI=1S/C22H38O3Si2/c1-10-11-12-13-19-20-18(17(3)22(23-19)25-27(7,8)9)15-14-16(2)21(20)24-26(4,5)6/h10-13,18-20H,14-15H2,1-9H3/b11-10+,13-12+/t18-,19-,20+/m0/s1. The van der Waals surface area contributed by atoms with Crippen molar-refractivity contribution in [3.63, 3.8) is 0 Å². The second kappa shape index (κ2) is 8.43. The minimum Gasteiger partial charge on any atom is -0.547 e. The molecule has 0 fully saturated rings. The van der Waals surface area contributed by atoms with Gasteiger partial charge in [-0.2, -0.15) is 0 Å². The molecule has 0 aromatic heterocycles. The summed E-state index contributed by atoms with van der Waals surface area (Å²) >= 11 is 0. The predicted molar refractivity (Wildman–Crippen MR) is 119 cm³/mol. The molecule has 27 heavy (non-hydrogen) atoms. The Bertz CT molecular complexity index is 660. The van der Waals surface area contributed by atoms with Crippen molar-refractivity contribution in [3.8, 4) is 0 Å². The summed E-state index contributed by atoms with van der Waals surface area (Å²) in [6, 6.07) is 0. The fraction of sp³-hybridized carbons (Fsp3) is 0.636. The molecule has 0 aromatic carbocycles. The maximum absolute atomic E-state index is 6.61. The van der Waals surface area contributed by atoms with Gasteiger partial charge in [0.25, 0.3) is 5.95 Å². The molecule has 3 nitrogen and oxygen atoms in total. The van der Waals surface area contributed by atoms with Crippen molar-refractivity contribution in [1.82, 2.24) is 0 Å². The summed E-state index contributed by atoms with van der Waals surface area (Å²) in [5, 5.41) is 0. The van der Waals surface area contributed by atoms with Crippen molar-refractivity contribution in [2.24, 2.45) is 11.8 Å². The van der Waals surface area contributed by atoms with E-state index in [4.69, 9.17) is 13.6 Å². The van der Waals surface area contributed by atoms with Crippen molar-refractivity contribution in [2.75, 3.05) is 0 Å². The lowest BCUT2D eigenvalue weighted by Crippen LogP contribution is -2.43. The van der Waals surface area contributed by atoms with E-state index in [1.54, 1.807) is 0 Å². The van der Waals surface area contributed by atoms with Gasteiger partial charge in [0.05, 0.1) is 11.7 Å². The van der Waals surface area contributed by atoms with E-state index in [0.29, 0.717) is 5.92 Å². The molecular formula is C22H38O3Si2. The van der Waals surface area contributed by atoms with Crippen molar-refractivity contribution >= 4 is 16.6 Å². The van der Waals surface area contributed by atoms with E-state index in [1.807, 2.05) is 13.0 Å². The van der Waals surface area contributed by atoms with Gasteiger partial charge in [-0.15, -0.1) is 0 Å². The van der Waals surface area contributed by atoms with E-state index in [9.17, 15) is 0 Å². The highest BCUT2D eigenvalue weighted by molar-refractivity contribution is 6.70. The summed E-state index contributed by atoms with van der Waals surface area (Å²) in [6.45, 7) is 19.8. The van der Waals surface area contributed by atoms with Crippen LogP contribution >= 0.6 is 0 Å². The molecule has 2 rings (SSSR count). The molecule has 1 aliphatic carbocycles. The van der Waals surface area contributed by atoms with Gasteiger partial charge in [0, 0.05) is 11.5 Å². The molecule has 0 amide bonds. The SMILES string of the molecule is C/C=C/C=C/[C@@H]1OC(O[Si](C)(C)C)=C(C)[C@@H]2CCC(C)=C(O[Si](C)(C)C)[C@@H]12. The van der Waals surface area contributed by atoms with E-state index in [1.165, 1.54) is 16.9 Å². The molecule has 0 N–H and O–H groups in total. The Balaban J connectivity index is 2.48. The Morgan fingerprint density at radius 2 is 1.59 bits per heavy atom. The highest BCUT2D eigenvalue weighted by atomic mass is 28.4.